The van der Waals surface area contributed by atoms with Crippen molar-refractivity contribution in [3.05, 3.63) is 35.1 Å². The highest BCUT2D eigenvalue weighted by atomic mass is 35.5. The lowest BCUT2D eigenvalue weighted by atomic mass is 10.1. The van der Waals surface area contributed by atoms with E-state index in [0.717, 1.165) is 30.6 Å². The number of nitrogens with one attached hydrogen (secondary N) is 2. The molecule has 0 radical (unpaired) electrons. The number of hydrogen-bond acceptors (Lipinski definition) is 5. The summed E-state index contributed by atoms with van der Waals surface area (Å²) in [5.41, 5.74) is 1.66. The molecule has 22 heavy (non-hydrogen) atoms. The fraction of sp³-hybridized carbons (Fsp3) is 0.385. The second-order valence-corrected chi connectivity index (χ2v) is 5.33. The van der Waals surface area contributed by atoms with Gasteiger partial charge in [0.1, 0.15) is 6.33 Å². The van der Waals surface area contributed by atoms with Gasteiger partial charge in [0.2, 0.25) is 5.91 Å². The Kier molecular flexibility index (Phi) is 5.70. The van der Waals surface area contributed by atoms with E-state index in [2.05, 4.69) is 26.2 Å². The molecule has 7 nitrogen and oxygen atoms in total. The number of tetrazole rings is 1. The summed E-state index contributed by atoms with van der Waals surface area (Å²) in [6.45, 7) is 1.28. The molecule has 0 spiro atoms. The van der Waals surface area contributed by atoms with E-state index in [1.807, 2.05) is 6.07 Å². The Morgan fingerprint density at radius 3 is 3.05 bits per heavy atom. The maximum atomic E-state index is 12.0. The number of hydrogen-bond donors (Lipinski definition) is 2. The lowest BCUT2D eigenvalue weighted by Crippen LogP contribution is -2.40. The van der Waals surface area contributed by atoms with Crippen LogP contribution < -0.4 is 10.6 Å². The number of halogens is 2. The largest absolute Gasteiger partial charge is 0.351 e. The van der Waals surface area contributed by atoms with E-state index in [9.17, 15) is 4.79 Å². The molecule has 1 amide bonds. The summed E-state index contributed by atoms with van der Waals surface area (Å²) >= 11 is 6.03. The maximum absolute atomic E-state index is 12.0. The Bertz CT molecular complexity index is 627. The van der Waals surface area contributed by atoms with Gasteiger partial charge in [0.25, 0.3) is 0 Å². The number of carbonyl (C=O) groups excluding carboxylic acids is 1. The first kappa shape index (κ1) is 16.7. The molecule has 1 atom stereocenters. The number of rotatable bonds is 4. The van der Waals surface area contributed by atoms with Crippen molar-refractivity contribution in [2.75, 3.05) is 6.54 Å². The van der Waals surface area contributed by atoms with Crippen LogP contribution in [0.4, 0.5) is 0 Å². The molecule has 0 unspecified atom stereocenters. The molecule has 0 bridgehead atoms. The molecule has 0 aliphatic carbocycles. The van der Waals surface area contributed by atoms with Crippen LogP contribution in [0.5, 0.6) is 0 Å². The first-order valence-corrected chi connectivity index (χ1v) is 7.15. The molecular weight excluding hydrogens is 327 g/mol. The molecule has 1 aliphatic heterocycles. The van der Waals surface area contributed by atoms with Crippen molar-refractivity contribution in [2.45, 2.75) is 25.4 Å². The average molecular weight is 343 g/mol. The molecule has 1 aliphatic rings. The van der Waals surface area contributed by atoms with E-state index in [1.54, 1.807) is 16.8 Å². The monoisotopic (exact) mass is 342 g/mol. The molecule has 2 heterocycles. The summed E-state index contributed by atoms with van der Waals surface area (Å²) in [5, 5.41) is 17.8. The van der Waals surface area contributed by atoms with Gasteiger partial charge in [-0.05, 0) is 53.6 Å². The third-order valence-electron chi connectivity index (χ3n) is 3.47. The summed E-state index contributed by atoms with van der Waals surface area (Å²) < 4.78 is 1.55. The number of aromatic nitrogens is 4. The van der Waals surface area contributed by atoms with Crippen molar-refractivity contribution in [3.8, 4) is 5.69 Å². The van der Waals surface area contributed by atoms with Crippen LogP contribution in [0.15, 0.2) is 24.5 Å². The minimum Gasteiger partial charge on any atom is -0.351 e. The summed E-state index contributed by atoms with van der Waals surface area (Å²) in [7, 11) is 0. The van der Waals surface area contributed by atoms with Gasteiger partial charge in [-0.1, -0.05) is 11.6 Å². The molecule has 1 aromatic carbocycles. The van der Waals surface area contributed by atoms with Crippen LogP contribution >= 0.6 is 24.0 Å². The Hall–Kier alpha value is -1.70. The van der Waals surface area contributed by atoms with Crippen molar-refractivity contribution in [2.24, 2.45) is 0 Å². The molecule has 2 aromatic rings. The Balaban J connectivity index is 0.00000176. The first-order valence-electron chi connectivity index (χ1n) is 6.77. The smallest absolute Gasteiger partial charge is 0.237 e. The van der Waals surface area contributed by atoms with Crippen LogP contribution in [0.1, 0.15) is 18.4 Å². The molecular formula is C13H16Cl2N6O. The normalized spacial score (nSPS) is 17.0. The van der Waals surface area contributed by atoms with Gasteiger partial charge in [-0.3, -0.25) is 4.79 Å². The number of amides is 1. The highest BCUT2D eigenvalue weighted by Gasteiger charge is 2.21. The van der Waals surface area contributed by atoms with E-state index in [4.69, 9.17) is 11.6 Å². The van der Waals surface area contributed by atoms with Crippen LogP contribution in [0, 0.1) is 0 Å². The van der Waals surface area contributed by atoms with Gasteiger partial charge >= 0.3 is 0 Å². The van der Waals surface area contributed by atoms with Crippen molar-refractivity contribution < 1.29 is 4.79 Å². The van der Waals surface area contributed by atoms with Crippen LogP contribution in [0.2, 0.25) is 5.02 Å². The zero-order valence-corrected chi connectivity index (χ0v) is 13.3. The van der Waals surface area contributed by atoms with Gasteiger partial charge in [0.05, 0.1) is 11.7 Å². The minimum absolute atomic E-state index is 0. The van der Waals surface area contributed by atoms with Gasteiger partial charge in [-0.15, -0.1) is 17.5 Å². The molecule has 118 valence electrons. The van der Waals surface area contributed by atoms with E-state index in [1.165, 1.54) is 6.33 Å². The fourth-order valence-corrected chi connectivity index (χ4v) is 2.60. The van der Waals surface area contributed by atoms with Crippen LogP contribution in [0.25, 0.3) is 5.69 Å². The van der Waals surface area contributed by atoms with Crippen molar-refractivity contribution in [3.63, 3.8) is 0 Å². The van der Waals surface area contributed by atoms with Crippen LogP contribution in [0.3, 0.4) is 0 Å². The zero-order chi connectivity index (χ0) is 14.7. The van der Waals surface area contributed by atoms with E-state index in [0.29, 0.717) is 11.6 Å². The molecule has 9 heteroatoms. The number of nitrogens with zero attached hydrogens (tertiary/aromatic N) is 4. The summed E-state index contributed by atoms with van der Waals surface area (Å²) in [5.74, 6) is 0.00939. The Morgan fingerprint density at radius 2 is 2.36 bits per heavy atom. The SMILES string of the molecule is Cl.O=C(NCc1cc(Cl)ccc1-n1cnnn1)[C@@H]1CCCN1. The van der Waals surface area contributed by atoms with E-state index in [-0.39, 0.29) is 24.4 Å². The van der Waals surface area contributed by atoms with E-state index < -0.39 is 0 Å². The van der Waals surface area contributed by atoms with Crippen molar-refractivity contribution >= 4 is 29.9 Å². The summed E-state index contributed by atoms with van der Waals surface area (Å²) in [4.78, 5) is 12.0. The highest BCUT2D eigenvalue weighted by molar-refractivity contribution is 6.30. The molecule has 1 aromatic heterocycles. The fourth-order valence-electron chi connectivity index (χ4n) is 2.40. The standard InChI is InChI=1S/C13H15ClN6O.ClH/c14-10-3-4-12(20-8-17-18-19-20)9(6-10)7-16-13(21)11-2-1-5-15-11;/h3-4,6,8,11,15H,1-2,5,7H2,(H,16,21);1H/t11-;/m0./s1. The molecule has 3 rings (SSSR count). The Labute approximate surface area is 138 Å². The predicted molar refractivity (Wildman–Crippen MR) is 84.3 cm³/mol. The van der Waals surface area contributed by atoms with Gasteiger partial charge < -0.3 is 10.6 Å². The van der Waals surface area contributed by atoms with Crippen molar-refractivity contribution in [1.29, 1.82) is 0 Å². The molecule has 0 saturated carbocycles. The zero-order valence-electron chi connectivity index (χ0n) is 11.7. The topological polar surface area (TPSA) is 84.7 Å². The third-order valence-corrected chi connectivity index (χ3v) is 3.70. The molecule has 2 N–H and O–H groups in total. The van der Waals surface area contributed by atoms with Crippen LogP contribution in [-0.4, -0.2) is 38.7 Å². The van der Waals surface area contributed by atoms with Crippen molar-refractivity contribution in [1.82, 2.24) is 30.8 Å². The predicted octanol–water partition coefficient (Wildman–Crippen LogP) is 1.11. The number of carbonyl (C=O) groups is 1. The average Bonchev–Trinajstić information content (AvgIpc) is 3.17. The summed E-state index contributed by atoms with van der Waals surface area (Å²) in [6.07, 6.45) is 3.42. The number of benzene rings is 1. The van der Waals surface area contributed by atoms with Gasteiger partial charge in [-0.2, -0.15) is 0 Å². The van der Waals surface area contributed by atoms with Gasteiger partial charge in [-0.25, -0.2) is 4.68 Å². The first-order chi connectivity index (χ1) is 10.2. The Morgan fingerprint density at radius 1 is 1.50 bits per heavy atom. The lowest BCUT2D eigenvalue weighted by Gasteiger charge is -2.13. The molecule has 1 fully saturated rings. The maximum Gasteiger partial charge on any atom is 0.237 e. The van der Waals surface area contributed by atoms with Gasteiger partial charge in [0.15, 0.2) is 0 Å². The minimum atomic E-state index is -0.0966. The lowest BCUT2D eigenvalue weighted by molar-refractivity contribution is -0.122. The second-order valence-electron chi connectivity index (χ2n) is 4.89. The molecule has 1 saturated heterocycles. The highest BCUT2D eigenvalue weighted by Crippen LogP contribution is 2.19. The van der Waals surface area contributed by atoms with Gasteiger partial charge in [0, 0.05) is 11.6 Å². The summed E-state index contributed by atoms with van der Waals surface area (Å²) in [6, 6.07) is 5.30. The third kappa shape index (κ3) is 3.73. The quantitative estimate of drug-likeness (QED) is 0.869. The van der Waals surface area contributed by atoms with Crippen LogP contribution in [-0.2, 0) is 11.3 Å². The second kappa shape index (κ2) is 7.53. The van der Waals surface area contributed by atoms with E-state index >= 15 is 0 Å².